The maximum atomic E-state index is 14.7. The predicted molar refractivity (Wildman–Crippen MR) is 157 cm³/mol. The molecular weight excluding hydrogens is 513 g/mol. The third kappa shape index (κ3) is 9.13. The van der Waals surface area contributed by atoms with Gasteiger partial charge in [-0.2, -0.15) is 0 Å². The first kappa shape index (κ1) is 29.7. The first-order valence-corrected chi connectivity index (χ1v) is 15.3. The van der Waals surface area contributed by atoms with E-state index in [0.717, 1.165) is 30.2 Å². The Labute approximate surface area is 238 Å². The molecule has 0 N–H and O–H groups in total. The van der Waals surface area contributed by atoms with Gasteiger partial charge in [0.1, 0.15) is 22.5 Å². The molecule has 0 spiro atoms. The maximum Gasteiger partial charge on any atom is 0.145 e. The number of rotatable bonds is 13. The molecule has 3 aromatic rings. The Morgan fingerprint density at radius 1 is 0.590 bits per heavy atom. The van der Waals surface area contributed by atoms with Gasteiger partial charge in [-0.15, -0.1) is 0 Å². The second-order valence-electron chi connectivity index (χ2n) is 11.5. The summed E-state index contributed by atoms with van der Waals surface area (Å²) in [7, 11) is 0. The molecule has 210 valence electrons. The quantitative estimate of drug-likeness (QED) is 0.145. The summed E-state index contributed by atoms with van der Waals surface area (Å²) in [4.78, 5) is 0. The van der Waals surface area contributed by atoms with Crippen LogP contribution >= 0.6 is 11.6 Å². The fraction of sp³-hybridized carbons (Fsp3) is 0.486. The summed E-state index contributed by atoms with van der Waals surface area (Å²) in [5.74, 6) is -0.246. The first-order valence-electron chi connectivity index (χ1n) is 14.9. The van der Waals surface area contributed by atoms with Gasteiger partial charge in [-0.25, -0.2) is 13.2 Å². The monoisotopic (exact) mass is 554 g/mol. The van der Waals surface area contributed by atoms with Crippen LogP contribution < -0.4 is 0 Å². The lowest BCUT2D eigenvalue weighted by Gasteiger charge is -2.28. The van der Waals surface area contributed by atoms with Gasteiger partial charge < -0.3 is 0 Å². The van der Waals surface area contributed by atoms with Gasteiger partial charge in [-0.05, 0) is 109 Å². The molecular formula is C35H42ClF3. The summed E-state index contributed by atoms with van der Waals surface area (Å²) in [6, 6.07) is 17.2. The summed E-state index contributed by atoms with van der Waals surface area (Å²) >= 11 is 5.55. The molecule has 0 radical (unpaired) electrons. The normalized spacial score (nSPS) is 17.5. The van der Waals surface area contributed by atoms with Crippen molar-refractivity contribution in [3.8, 4) is 0 Å². The molecule has 0 saturated heterocycles. The van der Waals surface area contributed by atoms with Crippen LogP contribution in [-0.2, 0) is 32.1 Å². The third-order valence-corrected chi connectivity index (χ3v) is 8.95. The molecule has 1 saturated carbocycles. The molecule has 0 heterocycles. The van der Waals surface area contributed by atoms with Crippen LogP contribution in [0.15, 0.2) is 54.6 Å². The molecule has 1 aliphatic carbocycles. The second-order valence-corrected chi connectivity index (χ2v) is 11.9. The number of hydrogen-bond acceptors (Lipinski definition) is 0. The lowest BCUT2D eigenvalue weighted by atomic mass is 9.77. The van der Waals surface area contributed by atoms with Gasteiger partial charge >= 0.3 is 0 Å². The fourth-order valence-electron chi connectivity index (χ4n) is 5.98. The Balaban J connectivity index is 1.15. The molecule has 1 aliphatic rings. The molecule has 3 aromatic carbocycles. The molecule has 0 nitrogen and oxygen atoms in total. The molecule has 0 atom stereocenters. The van der Waals surface area contributed by atoms with Crippen LogP contribution in [0.4, 0.5) is 13.2 Å². The smallest absolute Gasteiger partial charge is 0.145 e. The van der Waals surface area contributed by atoms with Crippen molar-refractivity contribution in [3.63, 3.8) is 0 Å². The van der Waals surface area contributed by atoms with E-state index >= 15 is 0 Å². The van der Waals surface area contributed by atoms with E-state index in [-0.39, 0.29) is 5.82 Å². The van der Waals surface area contributed by atoms with Crippen molar-refractivity contribution in [2.45, 2.75) is 96.8 Å². The van der Waals surface area contributed by atoms with Crippen LogP contribution in [0.5, 0.6) is 0 Å². The van der Waals surface area contributed by atoms with Crippen molar-refractivity contribution >= 4 is 11.6 Å². The van der Waals surface area contributed by atoms with Gasteiger partial charge in [-0.3, -0.25) is 0 Å². The largest absolute Gasteiger partial charge is 0.207 e. The average Bonchev–Trinajstić information content (AvgIpc) is 2.94. The standard InChI is InChI=1S/C35H42ClF3/c1-2-3-4-5-25-6-8-26(9-7-25)10-11-27-12-14-28(15-13-27)16-17-29-18-20-31(32(37)22-29)21-19-30-23-33(38)35(36)34(39)24-30/h6-9,18,20,22-24,27-28H,2-5,10-17,19,21H2,1H3. The number of halogens is 4. The van der Waals surface area contributed by atoms with Crippen LogP contribution in [-0.4, -0.2) is 0 Å². The highest BCUT2D eigenvalue weighted by atomic mass is 35.5. The van der Waals surface area contributed by atoms with Gasteiger partial charge in [0.15, 0.2) is 0 Å². The van der Waals surface area contributed by atoms with E-state index in [0.29, 0.717) is 24.0 Å². The second kappa shape index (κ2) is 14.9. The highest BCUT2D eigenvalue weighted by Crippen LogP contribution is 2.34. The van der Waals surface area contributed by atoms with Gasteiger partial charge in [0.25, 0.3) is 0 Å². The third-order valence-electron chi connectivity index (χ3n) is 8.58. The molecule has 4 heteroatoms. The predicted octanol–water partition coefficient (Wildman–Crippen LogP) is 10.6. The molecule has 0 amide bonds. The highest BCUT2D eigenvalue weighted by Gasteiger charge is 2.21. The van der Waals surface area contributed by atoms with Crippen LogP contribution in [0.1, 0.15) is 92.5 Å². The van der Waals surface area contributed by atoms with Crippen molar-refractivity contribution in [1.29, 1.82) is 0 Å². The number of aryl methyl sites for hydroxylation is 5. The summed E-state index contributed by atoms with van der Waals surface area (Å²) in [5, 5.41) is -0.499. The van der Waals surface area contributed by atoms with E-state index in [1.165, 1.54) is 87.5 Å². The Kier molecular flexibility index (Phi) is 11.4. The van der Waals surface area contributed by atoms with E-state index in [9.17, 15) is 13.2 Å². The Hall–Kier alpha value is -2.26. The van der Waals surface area contributed by atoms with Crippen molar-refractivity contribution in [2.75, 3.05) is 0 Å². The van der Waals surface area contributed by atoms with Crippen molar-refractivity contribution in [3.05, 3.63) is 105 Å². The number of hydrogen-bond donors (Lipinski definition) is 0. The van der Waals surface area contributed by atoms with Crippen LogP contribution in [0.2, 0.25) is 5.02 Å². The van der Waals surface area contributed by atoms with Crippen LogP contribution in [0.25, 0.3) is 0 Å². The lowest BCUT2D eigenvalue weighted by molar-refractivity contribution is 0.253. The average molecular weight is 555 g/mol. The topological polar surface area (TPSA) is 0 Å². The van der Waals surface area contributed by atoms with E-state index < -0.39 is 16.7 Å². The molecule has 1 fully saturated rings. The van der Waals surface area contributed by atoms with Gasteiger partial charge in [0.2, 0.25) is 0 Å². The Morgan fingerprint density at radius 3 is 1.67 bits per heavy atom. The summed E-state index contributed by atoms with van der Waals surface area (Å²) in [5.41, 5.74) is 5.01. The van der Waals surface area contributed by atoms with Crippen molar-refractivity contribution in [2.24, 2.45) is 11.8 Å². The van der Waals surface area contributed by atoms with Crippen LogP contribution in [0, 0.1) is 29.3 Å². The highest BCUT2D eigenvalue weighted by molar-refractivity contribution is 6.30. The van der Waals surface area contributed by atoms with Gasteiger partial charge in [0, 0.05) is 0 Å². The molecule has 4 rings (SSSR count). The minimum Gasteiger partial charge on any atom is -0.207 e. The summed E-state index contributed by atoms with van der Waals surface area (Å²) in [6.45, 7) is 2.25. The SMILES string of the molecule is CCCCCc1ccc(CCC2CCC(CCc3ccc(CCc4cc(F)c(Cl)c(F)c4)c(F)c3)CC2)cc1. The zero-order valence-electron chi connectivity index (χ0n) is 23.3. The Bertz CT molecular complexity index is 1160. The fourth-order valence-corrected chi connectivity index (χ4v) is 6.09. The van der Waals surface area contributed by atoms with Crippen molar-refractivity contribution in [1.82, 2.24) is 0 Å². The molecule has 0 aromatic heterocycles. The molecule has 0 aliphatic heterocycles. The minimum atomic E-state index is -0.778. The van der Waals surface area contributed by atoms with Crippen LogP contribution in [0.3, 0.4) is 0 Å². The molecule has 0 unspecified atom stereocenters. The summed E-state index contributed by atoms with van der Waals surface area (Å²) in [6.07, 6.45) is 15.4. The lowest BCUT2D eigenvalue weighted by Crippen LogP contribution is -2.16. The molecule has 39 heavy (non-hydrogen) atoms. The van der Waals surface area contributed by atoms with E-state index in [1.807, 2.05) is 12.1 Å². The zero-order valence-corrected chi connectivity index (χ0v) is 24.0. The number of benzene rings is 3. The van der Waals surface area contributed by atoms with Crippen molar-refractivity contribution < 1.29 is 13.2 Å². The van der Waals surface area contributed by atoms with E-state index in [2.05, 4.69) is 31.2 Å². The summed E-state index contributed by atoms with van der Waals surface area (Å²) < 4.78 is 42.1. The maximum absolute atomic E-state index is 14.7. The minimum absolute atomic E-state index is 0.236. The van der Waals surface area contributed by atoms with E-state index in [1.54, 1.807) is 6.07 Å². The number of unbranched alkanes of at least 4 members (excludes halogenated alkanes) is 2. The first-order chi connectivity index (χ1) is 18.9. The van der Waals surface area contributed by atoms with Gasteiger partial charge in [0.05, 0.1) is 0 Å². The Morgan fingerprint density at radius 2 is 1.10 bits per heavy atom. The van der Waals surface area contributed by atoms with Gasteiger partial charge in [-0.1, -0.05) is 93.4 Å². The van der Waals surface area contributed by atoms with E-state index in [4.69, 9.17) is 11.6 Å². The zero-order chi connectivity index (χ0) is 27.6. The molecule has 0 bridgehead atoms.